The first kappa shape index (κ1) is 18.3. The van der Waals surface area contributed by atoms with Crippen LogP contribution in [0.1, 0.15) is 37.2 Å². The van der Waals surface area contributed by atoms with Crippen LogP contribution in [0.5, 0.6) is 5.75 Å². The van der Waals surface area contributed by atoms with E-state index in [4.69, 9.17) is 10.5 Å². The lowest BCUT2D eigenvalue weighted by Crippen LogP contribution is -2.42. The van der Waals surface area contributed by atoms with Crippen LogP contribution in [0.3, 0.4) is 0 Å². The molecular weight excluding hydrogens is 333 g/mol. The minimum atomic E-state index is -0.129. The van der Waals surface area contributed by atoms with Crippen LogP contribution in [-0.4, -0.2) is 41.0 Å². The second-order valence-corrected chi connectivity index (χ2v) is 7.18. The molecule has 5 nitrogen and oxygen atoms in total. The van der Waals surface area contributed by atoms with Crippen molar-refractivity contribution in [3.63, 3.8) is 0 Å². The zero-order valence-electron chi connectivity index (χ0n) is 15.2. The highest BCUT2D eigenvalue weighted by molar-refractivity contribution is 5.95. The van der Waals surface area contributed by atoms with E-state index in [0.717, 1.165) is 30.3 Å². The fraction of sp³-hybridized carbons (Fsp3) is 0.400. The molecule has 2 N–H and O–H groups in total. The van der Waals surface area contributed by atoms with Crippen LogP contribution in [-0.2, 0) is 0 Å². The Hall–Kier alpha value is -2.47. The first-order valence-electron chi connectivity index (χ1n) is 8.78. The molecule has 0 unspecified atom stereocenters. The number of rotatable bonds is 5. The Balaban J connectivity index is 1.79. The van der Waals surface area contributed by atoms with Crippen LogP contribution >= 0.6 is 0 Å². The van der Waals surface area contributed by atoms with Crippen molar-refractivity contribution in [1.29, 1.82) is 0 Å². The van der Waals surface area contributed by atoms with Gasteiger partial charge >= 0.3 is 0 Å². The number of hydrogen-bond acceptors (Lipinski definition) is 4. The van der Waals surface area contributed by atoms with Crippen molar-refractivity contribution in [2.45, 2.75) is 32.2 Å². The largest absolute Gasteiger partial charge is 0.489 e. The van der Waals surface area contributed by atoms with E-state index in [0.29, 0.717) is 23.3 Å². The Morgan fingerprint density at radius 2 is 2.19 bits per heavy atom. The molecule has 0 atom stereocenters. The second kappa shape index (κ2) is 7.41. The van der Waals surface area contributed by atoms with Gasteiger partial charge in [0.2, 0.25) is 0 Å². The van der Waals surface area contributed by atoms with Gasteiger partial charge in [0.1, 0.15) is 18.1 Å². The summed E-state index contributed by atoms with van der Waals surface area (Å²) in [6.07, 6.45) is 2.50. The van der Waals surface area contributed by atoms with Crippen LogP contribution in [0.15, 0.2) is 42.2 Å². The van der Waals surface area contributed by atoms with Crippen molar-refractivity contribution in [3.8, 4) is 5.75 Å². The summed E-state index contributed by atoms with van der Waals surface area (Å²) in [5, 5.41) is 0.859. The van der Waals surface area contributed by atoms with Gasteiger partial charge in [0.15, 0.2) is 0 Å². The van der Waals surface area contributed by atoms with Gasteiger partial charge in [-0.2, -0.15) is 0 Å². The fourth-order valence-electron chi connectivity index (χ4n) is 3.25. The maximum Gasteiger partial charge on any atom is 0.272 e. The molecule has 1 aromatic heterocycles. The summed E-state index contributed by atoms with van der Waals surface area (Å²) in [6.45, 7) is 5.16. The topological polar surface area (TPSA) is 68.5 Å². The predicted octanol–water partition coefficient (Wildman–Crippen LogP) is 3.44. The smallest absolute Gasteiger partial charge is 0.272 e. The molecule has 3 rings (SSSR count). The molecule has 1 aromatic carbocycles. The zero-order valence-corrected chi connectivity index (χ0v) is 15.2. The summed E-state index contributed by atoms with van der Waals surface area (Å²) in [7, 11) is 0. The van der Waals surface area contributed by atoms with Gasteiger partial charge in [-0.1, -0.05) is 6.07 Å². The van der Waals surface area contributed by atoms with Crippen molar-refractivity contribution in [2.24, 2.45) is 5.73 Å². The summed E-state index contributed by atoms with van der Waals surface area (Å²) in [6, 6.07) is 8.99. The van der Waals surface area contributed by atoms with E-state index in [2.05, 4.69) is 18.8 Å². The van der Waals surface area contributed by atoms with Gasteiger partial charge in [-0.3, -0.25) is 4.79 Å². The monoisotopic (exact) mass is 357 g/mol. The standard InChI is InChI=1S/C20H24FN3O2/c1-20(2)8-3-9-24(20)19(25)18-6-4-15-10-16(5-7-17(15)23-18)26-13-14(11-21)12-22/h4-7,10-11H,3,8-9,12-13,22H2,1-2H3/b14-11+. The molecule has 1 saturated heterocycles. The first-order valence-corrected chi connectivity index (χ1v) is 8.78. The van der Waals surface area contributed by atoms with E-state index in [-0.39, 0.29) is 24.6 Å². The third kappa shape index (κ3) is 3.70. The lowest BCUT2D eigenvalue weighted by atomic mass is 10.0. The average Bonchev–Trinajstić information content (AvgIpc) is 3.00. The number of nitrogens with zero attached hydrogens (tertiary/aromatic N) is 2. The SMILES string of the molecule is CC1(C)CCCN1C(=O)c1ccc2cc(OC/C(=C/F)CN)ccc2n1. The van der Waals surface area contributed by atoms with Crippen LogP contribution in [0.2, 0.25) is 0 Å². The molecule has 0 spiro atoms. The summed E-state index contributed by atoms with van der Waals surface area (Å²) in [5.74, 6) is 0.572. The van der Waals surface area contributed by atoms with E-state index < -0.39 is 0 Å². The number of halogens is 1. The Morgan fingerprint density at radius 1 is 1.38 bits per heavy atom. The minimum Gasteiger partial charge on any atom is -0.489 e. The Kier molecular flexibility index (Phi) is 5.23. The number of fused-ring (bicyclic) bond motifs is 1. The van der Waals surface area contributed by atoms with Gasteiger partial charge in [-0.05, 0) is 51.0 Å². The van der Waals surface area contributed by atoms with Crippen LogP contribution in [0.25, 0.3) is 10.9 Å². The quantitative estimate of drug-likeness (QED) is 0.890. The molecule has 2 aromatic rings. The molecule has 1 amide bonds. The lowest BCUT2D eigenvalue weighted by Gasteiger charge is -2.31. The Morgan fingerprint density at radius 3 is 2.85 bits per heavy atom. The minimum absolute atomic E-state index is 0.0320. The van der Waals surface area contributed by atoms with Crippen molar-refractivity contribution in [2.75, 3.05) is 19.7 Å². The second-order valence-electron chi connectivity index (χ2n) is 7.18. The third-order valence-electron chi connectivity index (χ3n) is 4.87. The molecule has 0 saturated carbocycles. The first-order chi connectivity index (χ1) is 12.4. The number of hydrogen-bond donors (Lipinski definition) is 1. The number of pyridine rings is 1. The number of nitrogens with two attached hydrogens (primary N) is 1. The number of amides is 1. The van der Waals surface area contributed by atoms with E-state index in [1.54, 1.807) is 18.2 Å². The van der Waals surface area contributed by atoms with Gasteiger partial charge in [0.25, 0.3) is 5.91 Å². The van der Waals surface area contributed by atoms with Crippen LogP contribution in [0, 0.1) is 0 Å². The van der Waals surface area contributed by atoms with Crippen molar-refractivity contribution < 1.29 is 13.9 Å². The van der Waals surface area contributed by atoms with Gasteiger partial charge < -0.3 is 15.4 Å². The molecule has 2 heterocycles. The molecule has 26 heavy (non-hydrogen) atoms. The zero-order chi connectivity index (χ0) is 18.7. The van der Waals surface area contributed by atoms with Crippen molar-refractivity contribution in [1.82, 2.24) is 9.88 Å². The van der Waals surface area contributed by atoms with Gasteiger partial charge in [-0.25, -0.2) is 9.37 Å². The van der Waals surface area contributed by atoms with E-state index in [1.165, 1.54) is 0 Å². The fourth-order valence-corrected chi connectivity index (χ4v) is 3.25. The molecule has 1 aliphatic heterocycles. The highest BCUT2D eigenvalue weighted by Crippen LogP contribution is 2.30. The summed E-state index contributed by atoms with van der Waals surface area (Å²) >= 11 is 0. The molecule has 1 aliphatic rings. The van der Waals surface area contributed by atoms with E-state index >= 15 is 0 Å². The molecule has 1 fully saturated rings. The number of aromatic nitrogens is 1. The third-order valence-corrected chi connectivity index (χ3v) is 4.87. The molecule has 0 aliphatic carbocycles. The van der Waals surface area contributed by atoms with E-state index in [1.807, 2.05) is 17.0 Å². The number of carbonyl (C=O) groups excluding carboxylic acids is 1. The molecule has 0 bridgehead atoms. The number of carbonyl (C=O) groups is 1. The maximum absolute atomic E-state index is 12.8. The summed E-state index contributed by atoms with van der Waals surface area (Å²) < 4.78 is 18.1. The normalized spacial score (nSPS) is 16.9. The summed E-state index contributed by atoms with van der Waals surface area (Å²) in [4.78, 5) is 19.2. The van der Waals surface area contributed by atoms with Gasteiger partial charge in [0, 0.05) is 29.6 Å². The maximum atomic E-state index is 12.8. The van der Waals surface area contributed by atoms with Crippen molar-refractivity contribution in [3.05, 3.63) is 47.9 Å². The highest BCUT2D eigenvalue weighted by Gasteiger charge is 2.36. The lowest BCUT2D eigenvalue weighted by molar-refractivity contribution is 0.0646. The summed E-state index contributed by atoms with van der Waals surface area (Å²) in [5.41, 5.74) is 6.85. The molecule has 138 valence electrons. The van der Waals surface area contributed by atoms with E-state index in [9.17, 15) is 9.18 Å². The van der Waals surface area contributed by atoms with Crippen LogP contribution < -0.4 is 10.5 Å². The average molecular weight is 357 g/mol. The number of benzene rings is 1. The van der Waals surface area contributed by atoms with Crippen LogP contribution in [0.4, 0.5) is 4.39 Å². The van der Waals surface area contributed by atoms with Crippen molar-refractivity contribution >= 4 is 16.8 Å². The highest BCUT2D eigenvalue weighted by atomic mass is 19.1. The Labute approximate surface area is 152 Å². The molecule has 6 heteroatoms. The molecular formula is C20H24FN3O2. The van der Waals surface area contributed by atoms with Gasteiger partial charge in [-0.15, -0.1) is 0 Å². The van der Waals surface area contributed by atoms with Gasteiger partial charge in [0.05, 0.1) is 11.8 Å². The Bertz CT molecular complexity index is 848. The number of likely N-dealkylation sites (tertiary alicyclic amines) is 1. The number of ether oxygens (including phenoxy) is 1. The predicted molar refractivity (Wildman–Crippen MR) is 99.8 cm³/mol. The molecule has 0 radical (unpaired) electrons.